The summed E-state index contributed by atoms with van der Waals surface area (Å²) in [4.78, 5) is 9.00. The summed E-state index contributed by atoms with van der Waals surface area (Å²) < 4.78 is 34.1. The van der Waals surface area contributed by atoms with Gasteiger partial charge in [-0.1, -0.05) is 0 Å². The Labute approximate surface area is 84.1 Å². The van der Waals surface area contributed by atoms with Gasteiger partial charge in [-0.15, -0.1) is 0 Å². The van der Waals surface area contributed by atoms with Crippen LogP contribution in [0.4, 0.5) is 0 Å². The first-order valence-corrected chi connectivity index (χ1v) is 2.93. The van der Waals surface area contributed by atoms with Gasteiger partial charge in [0.05, 0.1) is 0 Å². The Kier molecular flexibility index (Phi) is 20.9. The molecule has 0 spiro atoms. The van der Waals surface area contributed by atoms with Crippen molar-refractivity contribution < 1.29 is 27.4 Å². The van der Waals surface area contributed by atoms with Gasteiger partial charge in [0.15, 0.2) is 0 Å². The molecule has 5 N–H and O–H groups in total. The minimum atomic E-state index is -5.17. The first-order valence-electron chi connectivity index (χ1n) is 1.59. The van der Waals surface area contributed by atoms with E-state index in [9.17, 15) is 0 Å². The summed E-state index contributed by atoms with van der Waals surface area (Å²) in [5, 5.41) is 7.42. The molecular formula is C2H9NO6PbS. The van der Waals surface area contributed by atoms with Gasteiger partial charge in [0, 0.05) is 17.3 Å². The van der Waals surface area contributed by atoms with Crippen LogP contribution >= 0.6 is 0 Å². The number of quaternary nitrogens is 1. The van der Waals surface area contributed by atoms with Crippen LogP contribution in [0.25, 0.3) is 0 Å². The van der Waals surface area contributed by atoms with Crippen molar-refractivity contribution in [3.63, 3.8) is 0 Å². The van der Waals surface area contributed by atoms with Crippen molar-refractivity contribution in [2.24, 2.45) is 0 Å². The van der Waals surface area contributed by atoms with Crippen molar-refractivity contribution in [1.82, 2.24) is 6.15 Å². The average molecular weight is 382 g/mol. The monoisotopic (exact) mass is 383 g/mol. The third kappa shape index (κ3) is 14000. The van der Waals surface area contributed by atoms with Gasteiger partial charge in [0.25, 0.3) is 5.97 Å². The van der Waals surface area contributed by atoms with Crippen LogP contribution in [0.15, 0.2) is 0 Å². The SMILES string of the molecule is CC(=O)O.O=S(=O)([O-])[O-].[NH4+].[PbH+]. The fourth-order valence-electron chi connectivity index (χ4n) is 0. The molecule has 0 unspecified atom stereocenters. The van der Waals surface area contributed by atoms with Gasteiger partial charge in [0.2, 0.25) is 0 Å². The summed E-state index contributed by atoms with van der Waals surface area (Å²) in [5.74, 6) is -0.833. The van der Waals surface area contributed by atoms with Crippen LogP contribution in [0.2, 0.25) is 0 Å². The molecule has 7 nitrogen and oxygen atoms in total. The summed E-state index contributed by atoms with van der Waals surface area (Å²) in [7, 11) is -5.17. The predicted octanol–water partition coefficient (Wildman–Crippen LogP) is -1.52. The van der Waals surface area contributed by atoms with Gasteiger partial charge in [0.1, 0.15) is 0 Å². The molecule has 0 aromatic heterocycles. The number of carboxylic acid groups (broad SMARTS) is 1. The van der Waals surface area contributed by atoms with E-state index < -0.39 is 16.4 Å². The number of rotatable bonds is 0. The van der Waals surface area contributed by atoms with E-state index in [0.29, 0.717) is 0 Å². The van der Waals surface area contributed by atoms with Crippen molar-refractivity contribution in [3.05, 3.63) is 0 Å². The molecule has 0 rings (SSSR count). The molecule has 0 saturated heterocycles. The van der Waals surface area contributed by atoms with E-state index in [0.717, 1.165) is 6.92 Å². The third-order valence-corrected chi connectivity index (χ3v) is 0. The molecule has 9 heteroatoms. The molecule has 0 saturated carbocycles. The Morgan fingerprint density at radius 1 is 1.36 bits per heavy atom. The van der Waals surface area contributed by atoms with Gasteiger partial charge >= 0.3 is 27.3 Å². The van der Waals surface area contributed by atoms with Crippen LogP contribution in [0, 0.1) is 0 Å². The molecule has 68 valence electrons. The van der Waals surface area contributed by atoms with E-state index >= 15 is 0 Å². The zero-order chi connectivity index (χ0) is 8.08. The summed E-state index contributed by atoms with van der Waals surface area (Å²) >= 11 is 0. The maximum absolute atomic E-state index is 9.00. The molecule has 0 heterocycles. The predicted molar refractivity (Wildman–Crippen MR) is 36.9 cm³/mol. The summed E-state index contributed by atoms with van der Waals surface area (Å²) in [6.07, 6.45) is 0. The molecule has 0 aromatic rings. The normalized spacial score (nSPS) is 7.55. The van der Waals surface area contributed by atoms with Crippen molar-refractivity contribution in [1.29, 1.82) is 0 Å². The molecule has 11 heavy (non-hydrogen) atoms. The quantitative estimate of drug-likeness (QED) is 0.295. The van der Waals surface area contributed by atoms with Crippen molar-refractivity contribution in [2.75, 3.05) is 0 Å². The van der Waals surface area contributed by atoms with E-state index in [1.54, 1.807) is 0 Å². The van der Waals surface area contributed by atoms with Crippen LogP contribution in [-0.2, 0) is 15.2 Å². The molecular weight excluding hydrogens is 373 g/mol. The Morgan fingerprint density at radius 2 is 1.36 bits per heavy atom. The Bertz CT molecular complexity index is 163. The van der Waals surface area contributed by atoms with Crippen molar-refractivity contribution in [3.8, 4) is 0 Å². The second-order valence-electron chi connectivity index (χ2n) is 0.927. The molecule has 0 aliphatic heterocycles. The van der Waals surface area contributed by atoms with Gasteiger partial charge < -0.3 is 20.4 Å². The standard InChI is InChI=1S/C2H4O2.H3N.H2O4S.Pb.H/c1-2(3)4;;1-5(2,3)4;;/h1H3,(H,3,4);1H3;(H2,1,2,3,4);;/q;;;+1;/p-1. The van der Waals surface area contributed by atoms with Crippen LogP contribution in [0.1, 0.15) is 6.92 Å². The average Bonchev–Trinajstić information content (AvgIpc) is 1.19. The molecule has 0 aliphatic rings. The number of carbonyl (C=O) groups is 1. The summed E-state index contributed by atoms with van der Waals surface area (Å²) in [6, 6.07) is 0. The van der Waals surface area contributed by atoms with Crippen LogP contribution in [0.3, 0.4) is 0 Å². The topological polar surface area (TPSA) is 154 Å². The van der Waals surface area contributed by atoms with E-state index in [1.165, 1.54) is 0 Å². The van der Waals surface area contributed by atoms with Gasteiger partial charge in [-0.3, -0.25) is 13.2 Å². The maximum atomic E-state index is 9.00. The van der Waals surface area contributed by atoms with Crippen LogP contribution < -0.4 is 6.15 Å². The van der Waals surface area contributed by atoms with E-state index in [1.807, 2.05) is 0 Å². The summed E-state index contributed by atoms with van der Waals surface area (Å²) in [6.45, 7) is 1.08. The second kappa shape index (κ2) is 10.2. The number of hydrogen-bond donors (Lipinski definition) is 2. The van der Waals surface area contributed by atoms with E-state index in [4.69, 9.17) is 27.4 Å². The fraction of sp³-hybridized carbons (Fsp3) is 0.500. The number of hydrogen-bond acceptors (Lipinski definition) is 5. The Morgan fingerprint density at radius 3 is 1.36 bits per heavy atom. The van der Waals surface area contributed by atoms with Crippen LogP contribution in [-0.4, -0.2) is 55.9 Å². The molecule has 0 aliphatic carbocycles. The number of carboxylic acids is 1. The first-order chi connectivity index (χ1) is 3.73. The van der Waals surface area contributed by atoms with Crippen LogP contribution in [0.5, 0.6) is 0 Å². The molecule has 2 radical (unpaired) electrons. The molecule has 0 bridgehead atoms. The summed E-state index contributed by atoms with van der Waals surface area (Å²) in [5.41, 5.74) is 0. The van der Waals surface area contributed by atoms with Gasteiger partial charge in [-0.25, -0.2) is 0 Å². The third-order valence-electron chi connectivity index (χ3n) is 0. The first kappa shape index (κ1) is 22.5. The second-order valence-corrected chi connectivity index (χ2v) is 1.74. The van der Waals surface area contributed by atoms with E-state index in [-0.39, 0.29) is 33.4 Å². The van der Waals surface area contributed by atoms with E-state index in [2.05, 4.69) is 0 Å². The molecule has 0 amide bonds. The zero-order valence-corrected chi connectivity index (χ0v) is 11.3. The Balaban J connectivity index is -0.0000000383. The minimum absolute atomic E-state index is 0. The molecule has 0 aromatic carbocycles. The van der Waals surface area contributed by atoms with Crippen molar-refractivity contribution in [2.45, 2.75) is 6.92 Å². The Hall–Kier alpha value is 0.222. The van der Waals surface area contributed by atoms with Crippen molar-refractivity contribution >= 4 is 43.7 Å². The molecule has 0 fully saturated rings. The number of aliphatic carboxylic acids is 1. The molecule has 0 atom stereocenters. The van der Waals surface area contributed by atoms with Gasteiger partial charge in [-0.05, 0) is 0 Å². The van der Waals surface area contributed by atoms with Gasteiger partial charge in [-0.2, -0.15) is 0 Å². The zero-order valence-electron chi connectivity index (χ0n) is 5.97. The fourth-order valence-corrected chi connectivity index (χ4v) is 0.